The van der Waals surface area contributed by atoms with Gasteiger partial charge < -0.3 is 0 Å². The molecule has 25 heavy (non-hydrogen) atoms. The number of hydrogen-bond donors (Lipinski definition) is 1. The van der Waals surface area contributed by atoms with Gasteiger partial charge in [0, 0.05) is 6.54 Å². The van der Waals surface area contributed by atoms with Crippen molar-refractivity contribution in [3.63, 3.8) is 0 Å². The molecular weight excluding hydrogens is 341 g/mol. The molecule has 0 unspecified atom stereocenters. The average molecular weight is 359 g/mol. The van der Waals surface area contributed by atoms with Crippen LogP contribution in [0.3, 0.4) is 0 Å². The van der Waals surface area contributed by atoms with Gasteiger partial charge in [-0.15, -0.1) is 0 Å². The zero-order valence-corrected chi connectivity index (χ0v) is 14.7. The van der Waals surface area contributed by atoms with Crippen LogP contribution in [0.2, 0.25) is 0 Å². The van der Waals surface area contributed by atoms with Crippen molar-refractivity contribution >= 4 is 10.0 Å². The maximum absolute atomic E-state index is 13.1. The van der Waals surface area contributed by atoms with Crippen molar-refractivity contribution in [3.05, 3.63) is 77.4 Å². The van der Waals surface area contributed by atoms with Crippen molar-refractivity contribution in [2.45, 2.75) is 25.3 Å². The molecule has 3 rings (SSSR count). The fourth-order valence-corrected chi connectivity index (χ4v) is 4.10. The predicted molar refractivity (Wildman–Crippen MR) is 93.5 cm³/mol. The van der Waals surface area contributed by atoms with Crippen molar-refractivity contribution in [1.82, 2.24) is 14.5 Å². The molecule has 0 saturated carbocycles. The summed E-state index contributed by atoms with van der Waals surface area (Å²) in [6.45, 7) is 3.52. The van der Waals surface area contributed by atoms with E-state index in [1.165, 1.54) is 16.8 Å². The molecule has 1 heterocycles. The molecule has 5 nitrogen and oxygen atoms in total. The second-order valence-electron chi connectivity index (χ2n) is 5.70. The molecule has 0 radical (unpaired) electrons. The van der Waals surface area contributed by atoms with Crippen LogP contribution in [0.15, 0.2) is 59.5 Å². The van der Waals surface area contributed by atoms with Crippen LogP contribution in [0.4, 0.5) is 4.39 Å². The molecule has 0 spiro atoms. The normalized spacial score (nSPS) is 11.6. The standard InChI is InChI=1S/C18H18FN3O2S/c1-13-18(25(23,24)20-12-15-6-4-3-5-7-15)14(2)22(21-13)17-10-8-16(19)9-11-17/h3-11,20H,12H2,1-2H3. The van der Waals surface area contributed by atoms with Crippen LogP contribution in [0.5, 0.6) is 0 Å². The van der Waals surface area contributed by atoms with Gasteiger partial charge in [0.1, 0.15) is 10.7 Å². The van der Waals surface area contributed by atoms with Crippen LogP contribution in [-0.4, -0.2) is 18.2 Å². The highest BCUT2D eigenvalue weighted by Gasteiger charge is 2.24. The molecule has 0 fully saturated rings. The first-order chi connectivity index (χ1) is 11.9. The van der Waals surface area contributed by atoms with Gasteiger partial charge in [0.05, 0.1) is 17.1 Å². The number of rotatable bonds is 5. The summed E-state index contributed by atoms with van der Waals surface area (Å²) in [6.07, 6.45) is 0. The lowest BCUT2D eigenvalue weighted by molar-refractivity contribution is 0.580. The Balaban J connectivity index is 1.92. The molecule has 2 aromatic carbocycles. The molecule has 130 valence electrons. The van der Waals surface area contributed by atoms with Crippen LogP contribution >= 0.6 is 0 Å². The van der Waals surface area contributed by atoms with Crippen molar-refractivity contribution in [3.8, 4) is 5.69 Å². The minimum Gasteiger partial charge on any atom is -0.236 e. The monoisotopic (exact) mass is 359 g/mol. The van der Waals surface area contributed by atoms with Gasteiger partial charge in [0.2, 0.25) is 10.0 Å². The van der Waals surface area contributed by atoms with Gasteiger partial charge >= 0.3 is 0 Å². The third kappa shape index (κ3) is 3.62. The van der Waals surface area contributed by atoms with Crippen molar-refractivity contribution in [2.75, 3.05) is 0 Å². The molecule has 7 heteroatoms. The van der Waals surface area contributed by atoms with E-state index in [0.717, 1.165) is 5.56 Å². The smallest absolute Gasteiger partial charge is 0.236 e. The maximum Gasteiger partial charge on any atom is 0.244 e. The van der Waals surface area contributed by atoms with Crippen LogP contribution < -0.4 is 4.72 Å². The number of hydrogen-bond acceptors (Lipinski definition) is 3. The lowest BCUT2D eigenvalue weighted by Crippen LogP contribution is -2.24. The third-order valence-corrected chi connectivity index (χ3v) is 5.53. The molecule has 0 bridgehead atoms. The van der Waals surface area contributed by atoms with Crippen molar-refractivity contribution in [2.24, 2.45) is 0 Å². The van der Waals surface area contributed by atoms with Gasteiger partial charge in [-0.05, 0) is 43.7 Å². The fraction of sp³-hybridized carbons (Fsp3) is 0.167. The van der Waals surface area contributed by atoms with Gasteiger partial charge in [-0.3, -0.25) is 0 Å². The molecule has 0 atom stereocenters. The molecule has 0 amide bonds. The van der Waals surface area contributed by atoms with Crippen molar-refractivity contribution in [1.29, 1.82) is 0 Å². The predicted octanol–water partition coefficient (Wildman–Crippen LogP) is 3.11. The molecule has 3 aromatic rings. The van der Waals surface area contributed by atoms with Crippen LogP contribution in [-0.2, 0) is 16.6 Å². The van der Waals surface area contributed by atoms with Crippen molar-refractivity contribution < 1.29 is 12.8 Å². The number of nitrogens with zero attached hydrogens (tertiary/aromatic N) is 2. The van der Waals surface area contributed by atoms with Gasteiger partial charge in [-0.1, -0.05) is 30.3 Å². The molecule has 0 aliphatic rings. The van der Waals surface area contributed by atoms with E-state index in [-0.39, 0.29) is 17.3 Å². The van der Waals surface area contributed by atoms with Gasteiger partial charge in [-0.25, -0.2) is 22.2 Å². The lowest BCUT2D eigenvalue weighted by atomic mass is 10.2. The molecule has 0 aliphatic carbocycles. The second kappa shape index (κ2) is 6.78. The van der Waals surface area contributed by atoms with E-state index < -0.39 is 10.0 Å². The van der Waals surface area contributed by atoms with E-state index in [4.69, 9.17) is 0 Å². The molecule has 0 aliphatic heterocycles. The largest absolute Gasteiger partial charge is 0.244 e. The number of aromatic nitrogens is 2. The highest BCUT2D eigenvalue weighted by molar-refractivity contribution is 7.89. The average Bonchev–Trinajstić information content (AvgIpc) is 2.90. The Morgan fingerprint density at radius 2 is 1.68 bits per heavy atom. The summed E-state index contributed by atoms with van der Waals surface area (Å²) in [5.74, 6) is -0.359. The SMILES string of the molecule is Cc1nn(-c2ccc(F)cc2)c(C)c1S(=O)(=O)NCc1ccccc1. The van der Waals surface area contributed by atoms with E-state index in [0.29, 0.717) is 17.1 Å². The summed E-state index contributed by atoms with van der Waals surface area (Å²) in [6, 6.07) is 15.0. The van der Waals surface area contributed by atoms with E-state index >= 15 is 0 Å². The van der Waals surface area contributed by atoms with Crippen LogP contribution in [0.25, 0.3) is 5.69 Å². The summed E-state index contributed by atoms with van der Waals surface area (Å²) in [4.78, 5) is 0.146. The first-order valence-corrected chi connectivity index (χ1v) is 9.22. The molecule has 0 saturated heterocycles. The minimum atomic E-state index is -3.72. The Labute approximate surface area is 146 Å². The van der Waals surface area contributed by atoms with Crippen LogP contribution in [0, 0.1) is 19.7 Å². The summed E-state index contributed by atoms with van der Waals surface area (Å²) >= 11 is 0. The summed E-state index contributed by atoms with van der Waals surface area (Å²) < 4.78 is 42.7. The first-order valence-electron chi connectivity index (χ1n) is 7.74. The summed E-state index contributed by atoms with van der Waals surface area (Å²) in [7, 11) is -3.72. The molecule has 1 N–H and O–H groups in total. The molecular formula is C18H18FN3O2S. The van der Waals surface area contributed by atoms with E-state index in [9.17, 15) is 12.8 Å². The summed E-state index contributed by atoms with van der Waals surface area (Å²) in [5.41, 5.74) is 2.34. The van der Waals surface area contributed by atoms with Gasteiger partial charge in [0.15, 0.2) is 0 Å². The third-order valence-electron chi connectivity index (χ3n) is 3.87. The first kappa shape index (κ1) is 17.3. The number of halogens is 1. The Morgan fingerprint density at radius 3 is 2.32 bits per heavy atom. The number of benzene rings is 2. The zero-order chi connectivity index (χ0) is 18.0. The number of sulfonamides is 1. The van der Waals surface area contributed by atoms with E-state index in [1.54, 1.807) is 26.0 Å². The number of aryl methyl sites for hydroxylation is 1. The Hall–Kier alpha value is -2.51. The maximum atomic E-state index is 13.1. The van der Waals surface area contributed by atoms with E-state index in [2.05, 4.69) is 9.82 Å². The minimum absolute atomic E-state index is 0.146. The van der Waals surface area contributed by atoms with Gasteiger partial charge in [-0.2, -0.15) is 5.10 Å². The zero-order valence-electron chi connectivity index (χ0n) is 13.9. The van der Waals surface area contributed by atoms with E-state index in [1.807, 2.05) is 30.3 Å². The number of nitrogens with one attached hydrogen (secondary N) is 1. The molecule has 1 aromatic heterocycles. The Kier molecular flexibility index (Phi) is 4.69. The highest BCUT2D eigenvalue weighted by atomic mass is 32.2. The second-order valence-corrected chi connectivity index (χ2v) is 7.40. The highest BCUT2D eigenvalue weighted by Crippen LogP contribution is 2.22. The topological polar surface area (TPSA) is 64.0 Å². The van der Waals surface area contributed by atoms with Crippen LogP contribution in [0.1, 0.15) is 17.0 Å². The Bertz CT molecular complexity index is 981. The Morgan fingerprint density at radius 1 is 1.04 bits per heavy atom. The van der Waals surface area contributed by atoms with Gasteiger partial charge in [0.25, 0.3) is 0 Å². The summed E-state index contributed by atoms with van der Waals surface area (Å²) in [5, 5.41) is 4.31. The quantitative estimate of drug-likeness (QED) is 0.761. The fourth-order valence-electron chi connectivity index (χ4n) is 2.70. The lowest BCUT2D eigenvalue weighted by Gasteiger charge is -2.08.